The second-order valence-corrected chi connectivity index (χ2v) is 5.21. The summed E-state index contributed by atoms with van der Waals surface area (Å²) in [5.74, 6) is 0.373. The van der Waals surface area contributed by atoms with E-state index in [9.17, 15) is 4.79 Å². The molecule has 2 N–H and O–H groups in total. The van der Waals surface area contributed by atoms with Crippen molar-refractivity contribution < 1.29 is 4.79 Å². The van der Waals surface area contributed by atoms with E-state index in [-0.39, 0.29) is 5.41 Å². The van der Waals surface area contributed by atoms with Crippen molar-refractivity contribution >= 4 is 5.91 Å². The number of hydrogen-bond donors (Lipinski definition) is 2. The molecule has 0 aromatic heterocycles. The van der Waals surface area contributed by atoms with E-state index < -0.39 is 0 Å². The average molecular weight is 225 g/mol. The zero-order valence-electron chi connectivity index (χ0n) is 10.2. The lowest BCUT2D eigenvalue weighted by Crippen LogP contribution is -2.48. The summed E-state index contributed by atoms with van der Waals surface area (Å²) >= 11 is 0. The molecule has 2 heterocycles. The molecule has 0 aromatic rings. The van der Waals surface area contributed by atoms with Gasteiger partial charge in [-0.2, -0.15) is 0 Å². The molecule has 0 unspecified atom stereocenters. The van der Waals surface area contributed by atoms with Gasteiger partial charge in [-0.15, -0.1) is 0 Å². The van der Waals surface area contributed by atoms with Crippen LogP contribution >= 0.6 is 0 Å². The van der Waals surface area contributed by atoms with Crippen LogP contribution in [0.25, 0.3) is 0 Å². The Morgan fingerprint density at radius 2 is 1.75 bits per heavy atom. The molecule has 0 aliphatic carbocycles. The average Bonchev–Trinajstić information content (AvgIpc) is 2.57. The molecule has 1 amide bonds. The second-order valence-electron chi connectivity index (χ2n) is 5.21. The van der Waals surface area contributed by atoms with Gasteiger partial charge >= 0.3 is 0 Å². The molecule has 2 saturated heterocycles. The quantitative estimate of drug-likeness (QED) is 0.670. The summed E-state index contributed by atoms with van der Waals surface area (Å²) in [5.41, 5.74) is -0.115. The van der Waals surface area contributed by atoms with Gasteiger partial charge in [0.1, 0.15) is 0 Å². The maximum Gasteiger partial charge on any atom is 0.228 e. The van der Waals surface area contributed by atoms with Crippen LogP contribution in [0.3, 0.4) is 0 Å². The Labute approximate surface area is 97.8 Å². The van der Waals surface area contributed by atoms with Gasteiger partial charge in [0.25, 0.3) is 0 Å². The van der Waals surface area contributed by atoms with E-state index in [4.69, 9.17) is 0 Å². The molecule has 16 heavy (non-hydrogen) atoms. The number of rotatable bonds is 1. The normalized spacial score (nSPS) is 26.2. The first kappa shape index (κ1) is 11.9. The van der Waals surface area contributed by atoms with E-state index in [2.05, 4.69) is 22.5 Å². The molecule has 0 atom stereocenters. The third kappa shape index (κ3) is 2.55. The Bertz CT molecular complexity index is 241. The monoisotopic (exact) mass is 225 g/mol. The Morgan fingerprint density at radius 3 is 2.50 bits per heavy atom. The number of nitrogens with one attached hydrogen (secondary N) is 2. The highest BCUT2D eigenvalue weighted by atomic mass is 16.2. The van der Waals surface area contributed by atoms with Crippen molar-refractivity contribution in [3.8, 4) is 0 Å². The van der Waals surface area contributed by atoms with Crippen LogP contribution in [0.5, 0.6) is 0 Å². The first-order valence-electron chi connectivity index (χ1n) is 6.43. The van der Waals surface area contributed by atoms with Crippen LogP contribution in [-0.4, -0.2) is 50.1 Å². The molecule has 0 aromatic carbocycles. The lowest BCUT2D eigenvalue weighted by atomic mass is 9.79. The van der Waals surface area contributed by atoms with Crippen molar-refractivity contribution in [1.29, 1.82) is 0 Å². The largest absolute Gasteiger partial charge is 0.341 e. The highest BCUT2D eigenvalue weighted by Crippen LogP contribution is 2.30. The molecular weight excluding hydrogens is 202 g/mol. The molecule has 2 fully saturated rings. The first-order valence-corrected chi connectivity index (χ1v) is 6.43. The molecule has 0 radical (unpaired) electrons. The number of nitrogens with zero attached hydrogens (tertiary/aromatic N) is 1. The van der Waals surface area contributed by atoms with Crippen molar-refractivity contribution in [2.24, 2.45) is 5.41 Å². The van der Waals surface area contributed by atoms with Crippen LogP contribution < -0.4 is 10.6 Å². The van der Waals surface area contributed by atoms with Crippen LogP contribution in [0, 0.1) is 5.41 Å². The SMILES string of the molecule is CC1(C(=O)N2CCCNCC2)CCNCC1. The summed E-state index contributed by atoms with van der Waals surface area (Å²) in [6.07, 6.45) is 3.05. The van der Waals surface area contributed by atoms with Gasteiger partial charge in [0.15, 0.2) is 0 Å². The van der Waals surface area contributed by atoms with E-state index in [1.165, 1.54) is 0 Å². The molecule has 0 spiro atoms. The minimum atomic E-state index is -0.115. The highest BCUT2D eigenvalue weighted by Gasteiger charge is 2.37. The molecule has 0 bridgehead atoms. The molecule has 2 aliphatic rings. The summed E-state index contributed by atoms with van der Waals surface area (Å²) in [4.78, 5) is 14.6. The van der Waals surface area contributed by atoms with Gasteiger partial charge in [0.05, 0.1) is 0 Å². The molecule has 4 heteroatoms. The summed E-state index contributed by atoms with van der Waals surface area (Å²) in [7, 11) is 0. The summed E-state index contributed by atoms with van der Waals surface area (Å²) < 4.78 is 0. The first-order chi connectivity index (χ1) is 7.72. The fourth-order valence-corrected chi connectivity index (χ4v) is 2.62. The van der Waals surface area contributed by atoms with Crippen LogP contribution in [0.2, 0.25) is 0 Å². The van der Waals surface area contributed by atoms with E-state index in [1.807, 2.05) is 0 Å². The summed E-state index contributed by atoms with van der Waals surface area (Å²) in [5, 5.41) is 6.67. The van der Waals surface area contributed by atoms with Crippen LogP contribution in [0.4, 0.5) is 0 Å². The Morgan fingerprint density at radius 1 is 1.06 bits per heavy atom. The number of carbonyl (C=O) groups is 1. The minimum Gasteiger partial charge on any atom is -0.341 e. The zero-order valence-corrected chi connectivity index (χ0v) is 10.2. The van der Waals surface area contributed by atoms with Gasteiger partial charge < -0.3 is 15.5 Å². The molecule has 0 saturated carbocycles. The van der Waals surface area contributed by atoms with Crippen molar-refractivity contribution in [1.82, 2.24) is 15.5 Å². The van der Waals surface area contributed by atoms with E-state index in [0.29, 0.717) is 5.91 Å². The molecular formula is C12H23N3O. The third-order valence-corrected chi connectivity index (χ3v) is 3.85. The van der Waals surface area contributed by atoms with Crippen molar-refractivity contribution in [3.63, 3.8) is 0 Å². The lowest BCUT2D eigenvalue weighted by Gasteiger charge is -2.37. The van der Waals surface area contributed by atoms with Crippen molar-refractivity contribution in [2.45, 2.75) is 26.2 Å². The van der Waals surface area contributed by atoms with Crippen LogP contribution in [0.1, 0.15) is 26.2 Å². The fourth-order valence-electron chi connectivity index (χ4n) is 2.62. The van der Waals surface area contributed by atoms with Gasteiger partial charge in [-0.25, -0.2) is 0 Å². The maximum absolute atomic E-state index is 12.5. The van der Waals surface area contributed by atoms with Crippen LogP contribution in [-0.2, 0) is 4.79 Å². The highest BCUT2D eigenvalue weighted by molar-refractivity contribution is 5.82. The maximum atomic E-state index is 12.5. The number of amides is 1. The van der Waals surface area contributed by atoms with Crippen LogP contribution in [0.15, 0.2) is 0 Å². The predicted octanol–water partition coefficient (Wildman–Crippen LogP) is 0.198. The van der Waals surface area contributed by atoms with Gasteiger partial charge in [0, 0.05) is 25.0 Å². The minimum absolute atomic E-state index is 0.115. The second kappa shape index (κ2) is 5.15. The predicted molar refractivity (Wildman–Crippen MR) is 64.3 cm³/mol. The number of hydrogen-bond acceptors (Lipinski definition) is 3. The topological polar surface area (TPSA) is 44.4 Å². The summed E-state index contributed by atoms with van der Waals surface area (Å²) in [6.45, 7) is 7.88. The van der Waals surface area contributed by atoms with Gasteiger partial charge in [-0.1, -0.05) is 6.92 Å². The Kier molecular flexibility index (Phi) is 3.82. The van der Waals surface area contributed by atoms with E-state index in [0.717, 1.165) is 58.5 Å². The lowest BCUT2D eigenvalue weighted by molar-refractivity contribution is -0.142. The van der Waals surface area contributed by atoms with E-state index >= 15 is 0 Å². The number of piperidine rings is 1. The van der Waals surface area contributed by atoms with Crippen molar-refractivity contribution in [3.05, 3.63) is 0 Å². The van der Waals surface area contributed by atoms with Gasteiger partial charge in [0.2, 0.25) is 5.91 Å². The summed E-state index contributed by atoms with van der Waals surface area (Å²) in [6, 6.07) is 0. The molecule has 4 nitrogen and oxygen atoms in total. The standard InChI is InChI=1S/C12H23N3O/c1-12(3-6-14-7-4-12)11(16)15-9-2-5-13-8-10-15/h13-14H,2-10H2,1H3. The molecule has 2 rings (SSSR count). The zero-order chi connectivity index (χ0) is 11.4. The molecule has 92 valence electrons. The molecule has 2 aliphatic heterocycles. The Hall–Kier alpha value is -0.610. The van der Waals surface area contributed by atoms with E-state index in [1.54, 1.807) is 0 Å². The third-order valence-electron chi connectivity index (χ3n) is 3.85. The van der Waals surface area contributed by atoms with Gasteiger partial charge in [-0.05, 0) is 38.9 Å². The van der Waals surface area contributed by atoms with Gasteiger partial charge in [-0.3, -0.25) is 4.79 Å². The Balaban J connectivity index is 1.98. The smallest absolute Gasteiger partial charge is 0.228 e. The van der Waals surface area contributed by atoms with Crippen molar-refractivity contribution in [2.75, 3.05) is 39.3 Å². The number of carbonyl (C=O) groups excluding carboxylic acids is 1. The fraction of sp³-hybridized carbons (Fsp3) is 0.917.